The first kappa shape index (κ1) is 19.0. The first-order valence-corrected chi connectivity index (χ1v) is 9.00. The molecule has 27 heavy (non-hydrogen) atoms. The third kappa shape index (κ3) is 4.17. The van der Waals surface area contributed by atoms with Gasteiger partial charge < -0.3 is 14.8 Å². The summed E-state index contributed by atoms with van der Waals surface area (Å²) in [5.41, 5.74) is 0.271. The van der Waals surface area contributed by atoms with Gasteiger partial charge >= 0.3 is 0 Å². The normalized spacial score (nSPS) is 13.7. The van der Waals surface area contributed by atoms with Crippen molar-refractivity contribution in [2.24, 2.45) is 5.92 Å². The zero-order valence-corrected chi connectivity index (χ0v) is 15.7. The molecule has 1 aromatic carbocycles. The van der Waals surface area contributed by atoms with Crippen molar-refractivity contribution in [1.29, 1.82) is 0 Å². The van der Waals surface area contributed by atoms with Crippen LogP contribution in [-0.4, -0.2) is 26.9 Å². The van der Waals surface area contributed by atoms with Crippen LogP contribution in [0.5, 0.6) is 0 Å². The molecule has 2 N–H and O–H groups in total. The van der Waals surface area contributed by atoms with Crippen LogP contribution in [0.25, 0.3) is 5.52 Å². The largest absolute Gasteiger partial charge is 0.384 e. The van der Waals surface area contributed by atoms with Gasteiger partial charge in [0, 0.05) is 12.6 Å². The van der Waals surface area contributed by atoms with E-state index in [1.807, 2.05) is 28.8 Å². The van der Waals surface area contributed by atoms with Gasteiger partial charge in [-0.3, -0.25) is 4.79 Å². The van der Waals surface area contributed by atoms with Crippen LogP contribution in [0, 0.1) is 11.7 Å². The second-order valence-electron chi connectivity index (χ2n) is 7.39. The molecule has 0 radical (unpaired) electrons. The van der Waals surface area contributed by atoms with Crippen molar-refractivity contribution in [1.82, 2.24) is 14.7 Å². The van der Waals surface area contributed by atoms with E-state index in [-0.39, 0.29) is 18.3 Å². The molecule has 0 aliphatic rings. The molecule has 3 rings (SSSR count). The van der Waals surface area contributed by atoms with E-state index in [1.165, 1.54) is 24.3 Å². The number of hydrogen-bond acceptors (Lipinski definition) is 3. The van der Waals surface area contributed by atoms with Gasteiger partial charge in [0.25, 0.3) is 5.91 Å². The van der Waals surface area contributed by atoms with Gasteiger partial charge in [-0.05, 0) is 42.7 Å². The lowest BCUT2D eigenvalue weighted by molar-refractivity contribution is 0.0525. The van der Waals surface area contributed by atoms with Crippen LogP contribution in [0.2, 0.25) is 0 Å². The lowest BCUT2D eigenvalue weighted by Gasteiger charge is -2.24. The van der Waals surface area contributed by atoms with E-state index in [0.717, 1.165) is 17.8 Å². The standard InChI is InChI=1S/C21H24FN3O2/c1-14(2)12-18-24-19(17-6-4-5-11-25(17)18)20(26)23-13-21(3,27)15-7-9-16(22)10-8-15/h4-11,14,27H,12-13H2,1-3H3,(H,23,26). The maximum Gasteiger partial charge on any atom is 0.272 e. The van der Waals surface area contributed by atoms with Crippen LogP contribution in [0.3, 0.4) is 0 Å². The molecule has 0 saturated carbocycles. The van der Waals surface area contributed by atoms with Crippen LogP contribution in [0.1, 0.15) is 42.6 Å². The predicted molar refractivity (Wildman–Crippen MR) is 102 cm³/mol. The summed E-state index contributed by atoms with van der Waals surface area (Å²) in [7, 11) is 0. The summed E-state index contributed by atoms with van der Waals surface area (Å²) in [6.45, 7) is 5.77. The van der Waals surface area contributed by atoms with E-state index in [4.69, 9.17) is 0 Å². The van der Waals surface area contributed by atoms with E-state index in [9.17, 15) is 14.3 Å². The van der Waals surface area contributed by atoms with Crippen molar-refractivity contribution in [3.05, 3.63) is 71.6 Å². The summed E-state index contributed by atoms with van der Waals surface area (Å²) >= 11 is 0. The lowest BCUT2D eigenvalue weighted by atomic mass is 9.96. The average Bonchev–Trinajstić information content (AvgIpc) is 2.98. The summed E-state index contributed by atoms with van der Waals surface area (Å²) < 4.78 is 15.0. The third-order valence-electron chi connectivity index (χ3n) is 4.49. The first-order valence-electron chi connectivity index (χ1n) is 9.00. The fourth-order valence-electron chi connectivity index (χ4n) is 3.02. The van der Waals surface area contributed by atoms with E-state index in [2.05, 4.69) is 24.1 Å². The lowest BCUT2D eigenvalue weighted by Crippen LogP contribution is -2.38. The molecule has 0 bridgehead atoms. The number of fused-ring (bicyclic) bond motifs is 1. The monoisotopic (exact) mass is 369 g/mol. The van der Waals surface area contributed by atoms with Crippen molar-refractivity contribution in [2.45, 2.75) is 32.8 Å². The zero-order valence-electron chi connectivity index (χ0n) is 15.7. The van der Waals surface area contributed by atoms with Gasteiger partial charge in [-0.25, -0.2) is 9.37 Å². The topological polar surface area (TPSA) is 66.6 Å². The number of benzene rings is 1. The fourth-order valence-corrected chi connectivity index (χ4v) is 3.02. The van der Waals surface area contributed by atoms with Crippen LogP contribution in [0.4, 0.5) is 4.39 Å². The Morgan fingerprint density at radius 1 is 1.26 bits per heavy atom. The molecule has 3 aromatic rings. The number of carbonyl (C=O) groups excluding carboxylic acids is 1. The maximum absolute atomic E-state index is 13.1. The van der Waals surface area contributed by atoms with Crippen LogP contribution in [0.15, 0.2) is 48.7 Å². The molecule has 1 amide bonds. The second-order valence-corrected chi connectivity index (χ2v) is 7.39. The Morgan fingerprint density at radius 2 is 1.96 bits per heavy atom. The Kier molecular flexibility index (Phi) is 5.28. The Hall–Kier alpha value is -2.73. The number of pyridine rings is 1. The van der Waals surface area contributed by atoms with Crippen molar-refractivity contribution in [2.75, 3.05) is 6.54 Å². The van der Waals surface area contributed by atoms with E-state index < -0.39 is 5.60 Å². The highest BCUT2D eigenvalue weighted by molar-refractivity contribution is 5.99. The molecule has 0 fully saturated rings. The molecule has 2 heterocycles. The van der Waals surface area contributed by atoms with E-state index in [0.29, 0.717) is 17.2 Å². The molecule has 0 aliphatic heterocycles. The smallest absolute Gasteiger partial charge is 0.272 e. The number of nitrogens with one attached hydrogen (secondary N) is 1. The Bertz CT molecular complexity index is 946. The van der Waals surface area contributed by atoms with Crippen LogP contribution >= 0.6 is 0 Å². The van der Waals surface area contributed by atoms with E-state index in [1.54, 1.807) is 6.92 Å². The first-order chi connectivity index (χ1) is 12.8. The number of amides is 1. The maximum atomic E-state index is 13.1. The van der Waals surface area contributed by atoms with Crippen molar-refractivity contribution in [3.63, 3.8) is 0 Å². The van der Waals surface area contributed by atoms with Gasteiger partial charge in [0.2, 0.25) is 0 Å². The summed E-state index contributed by atoms with van der Waals surface area (Å²) in [5.74, 6) is 0.513. The summed E-state index contributed by atoms with van der Waals surface area (Å²) in [6, 6.07) is 11.2. The van der Waals surface area contributed by atoms with Crippen molar-refractivity contribution < 1.29 is 14.3 Å². The molecule has 1 atom stereocenters. The Morgan fingerprint density at radius 3 is 2.63 bits per heavy atom. The Balaban J connectivity index is 1.81. The summed E-state index contributed by atoms with van der Waals surface area (Å²) in [6.07, 6.45) is 2.65. The Labute approximate surface area is 157 Å². The van der Waals surface area contributed by atoms with Gasteiger partial charge in [0.1, 0.15) is 17.2 Å². The van der Waals surface area contributed by atoms with Crippen molar-refractivity contribution >= 4 is 11.4 Å². The van der Waals surface area contributed by atoms with Gasteiger partial charge in [0.15, 0.2) is 5.69 Å². The number of carbonyl (C=O) groups is 1. The number of rotatable bonds is 6. The molecular weight excluding hydrogens is 345 g/mol. The number of aliphatic hydroxyl groups is 1. The molecule has 142 valence electrons. The number of imidazole rings is 1. The van der Waals surface area contributed by atoms with Crippen LogP contribution in [-0.2, 0) is 12.0 Å². The van der Waals surface area contributed by atoms with Crippen LogP contribution < -0.4 is 5.32 Å². The zero-order chi connectivity index (χ0) is 19.6. The highest BCUT2D eigenvalue weighted by Gasteiger charge is 2.25. The summed E-state index contributed by atoms with van der Waals surface area (Å²) in [5, 5.41) is 13.4. The quantitative estimate of drug-likeness (QED) is 0.701. The number of hydrogen-bond donors (Lipinski definition) is 2. The second kappa shape index (κ2) is 7.48. The summed E-state index contributed by atoms with van der Waals surface area (Å²) in [4.78, 5) is 17.3. The number of aromatic nitrogens is 2. The minimum Gasteiger partial charge on any atom is -0.384 e. The van der Waals surface area contributed by atoms with Gasteiger partial charge in [-0.2, -0.15) is 0 Å². The van der Waals surface area contributed by atoms with Gasteiger partial charge in [0.05, 0.1) is 12.1 Å². The number of halogens is 1. The molecule has 0 spiro atoms. The third-order valence-corrected chi connectivity index (χ3v) is 4.49. The van der Waals surface area contributed by atoms with E-state index >= 15 is 0 Å². The molecule has 2 aromatic heterocycles. The fraction of sp³-hybridized carbons (Fsp3) is 0.333. The van der Waals surface area contributed by atoms with Crippen molar-refractivity contribution in [3.8, 4) is 0 Å². The van der Waals surface area contributed by atoms with Gasteiger partial charge in [-0.1, -0.05) is 32.0 Å². The highest BCUT2D eigenvalue weighted by Crippen LogP contribution is 2.21. The highest BCUT2D eigenvalue weighted by atomic mass is 19.1. The molecule has 0 saturated heterocycles. The number of nitrogens with zero attached hydrogens (tertiary/aromatic N) is 2. The molecule has 1 unspecified atom stereocenters. The molecule has 6 heteroatoms. The molecule has 0 aliphatic carbocycles. The SMILES string of the molecule is CC(C)Cc1nc(C(=O)NCC(C)(O)c2ccc(F)cc2)c2ccccn12. The predicted octanol–water partition coefficient (Wildman–Crippen LogP) is 3.31. The average molecular weight is 369 g/mol. The molecular formula is C21H24FN3O2. The minimum atomic E-state index is -1.32. The minimum absolute atomic E-state index is 0.0111. The van der Waals surface area contributed by atoms with Gasteiger partial charge in [-0.15, -0.1) is 0 Å². The molecule has 5 nitrogen and oxygen atoms in total.